The highest BCUT2D eigenvalue weighted by atomic mass is 14.9. The average molecular weight is 285 g/mol. The van der Waals surface area contributed by atoms with Crippen LogP contribution in [0.5, 0.6) is 0 Å². The van der Waals surface area contributed by atoms with Crippen molar-refractivity contribution in [3.63, 3.8) is 0 Å². The lowest BCUT2D eigenvalue weighted by Crippen LogP contribution is -2.48. The van der Waals surface area contributed by atoms with Crippen LogP contribution in [0.3, 0.4) is 0 Å². The van der Waals surface area contributed by atoms with Crippen molar-refractivity contribution >= 4 is 0 Å². The molecule has 2 aliphatic rings. The molecule has 1 aromatic carbocycles. The molecule has 1 heteroatoms. The number of nitrogens with one attached hydrogen (secondary N) is 1. The van der Waals surface area contributed by atoms with Crippen LogP contribution in [-0.4, -0.2) is 12.6 Å². The smallest absolute Gasteiger partial charge is 0.0166 e. The van der Waals surface area contributed by atoms with E-state index in [1.165, 1.54) is 57.8 Å². The molecule has 1 atom stereocenters. The van der Waals surface area contributed by atoms with Gasteiger partial charge in [-0.1, -0.05) is 75.8 Å². The van der Waals surface area contributed by atoms with Crippen LogP contribution in [0.2, 0.25) is 0 Å². The number of hydrogen-bond donors (Lipinski definition) is 1. The average Bonchev–Trinajstić information content (AvgIpc) is 3.20. The van der Waals surface area contributed by atoms with Crippen LogP contribution in [0.1, 0.15) is 70.3 Å². The molecule has 2 aliphatic carbocycles. The van der Waals surface area contributed by atoms with Crippen LogP contribution in [0.4, 0.5) is 0 Å². The molecule has 0 bridgehead atoms. The van der Waals surface area contributed by atoms with Crippen molar-refractivity contribution in [3.8, 4) is 0 Å². The molecule has 0 aromatic heterocycles. The standard InChI is InChI=1S/C20H31N/c1-2-21-19(16-17-10-6-7-11-17)20(14-8-9-15-20)18-12-4-3-5-13-18/h3-5,12-13,17,19,21H,2,6-11,14-16H2,1H3. The van der Waals surface area contributed by atoms with Crippen molar-refractivity contribution in [2.75, 3.05) is 6.54 Å². The molecule has 2 fully saturated rings. The zero-order valence-electron chi connectivity index (χ0n) is 13.6. The van der Waals surface area contributed by atoms with Crippen LogP contribution in [0.15, 0.2) is 30.3 Å². The minimum absolute atomic E-state index is 0.403. The van der Waals surface area contributed by atoms with Crippen LogP contribution in [-0.2, 0) is 5.41 Å². The Hall–Kier alpha value is -0.820. The third-order valence-corrected chi connectivity index (χ3v) is 6.01. The highest BCUT2D eigenvalue weighted by Gasteiger charge is 2.43. The summed E-state index contributed by atoms with van der Waals surface area (Å²) in [5.41, 5.74) is 1.99. The van der Waals surface area contributed by atoms with Gasteiger partial charge in [0.1, 0.15) is 0 Å². The molecular weight excluding hydrogens is 254 g/mol. The topological polar surface area (TPSA) is 12.0 Å². The molecule has 0 amide bonds. The van der Waals surface area contributed by atoms with E-state index in [1.54, 1.807) is 5.56 Å². The molecule has 0 aliphatic heterocycles. The molecule has 2 saturated carbocycles. The monoisotopic (exact) mass is 285 g/mol. The Labute approximate surface area is 130 Å². The van der Waals surface area contributed by atoms with Gasteiger partial charge in [0.2, 0.25) is 0 Å². The number of likely N-dealkylation sites (N-methyl/N-ethyl adjacent to an activating group) is 1. The fourth-order valence-corrected chi connectivity index (χ4v) is 4.94. The Morgan fingerprint density at radius 3 is 2.33 bits per heavy atom. The first-order chi connectivity index (χ1) is 10.3. The summed E-state index contributed by atoms with van der Waals surface area (Å²) in [7, 11) is 0. The van der Waals surface area contributed by atoms with E-state index in [9.17, 15) is 0 Å². The van der Waals surface area contributed by atoms with Gasteiger partial charge in [0, 0.05) is 11.5 Å². The molecule has 3 rings (SSSR count). The van der Waals surface area contributed by atoms with E-state index in [1.807, 2.05) is 0 Å². The second kappa shape index (κ2) is 6.96. The van der Waals surface area contributed by atoms with Gasteiger partial charge < -0.3 is 5.32 Å². The van der Waals surface area contributed by atoms with Gasteiger partial charge in [0.05, 0.1) is 0 Å². The third kappa shape index (κ3) is 3.18. The maximum absolute atomic E-state index is 3.89. The van der Waals surface area contributed by atoms with Crippen molar-refractivity contribution in [1.29, 1.82) is 0 Å². The SMILES string of the molecule is CCNC(CC1CCCC1)C1(c2ccccc2)CCCC1. The molecule has 116 valence electrons. The first-order valence-corrected chi connectivity index (χ1v) is 9.14. The molecular formula is C20H31N. The van der Waals surface area contributed by atoms with Gasteiger partial charge in [0.15, 0.2) is 0 Å². The van der Waals surface area contributed by atoms with Gasteiger partial charge in [-0.2, -0.15) is 0 Å². The van der Waals surface area contributed by atoms with E-state index in [4.69, 9.17) is 0 Å². The van der Waals surface area contributed by atoms with Crippen molar-refractivity contribution < 1.29 is 0 Å². The minimum Gasteiger partial charge on any atom is -0.313 e. The van der Waals surface area contributed by atoms with Gasteiger partial charge in [-0.05, 0) is 37.3 Å². The Morgan fingerprint density at radius 1 is 1.05 bits per heavy atom. The van der Waals surface area contributed by atoms with Crippen LogP contribution in [0.25, 0.3) is 0 Å². The van der Waals surface area contributed by atoms with Gasteiger partial charge in [-0.3, -0.25) is 0 Å². The fourth-order valence-electron chi connectivity index (χ4n) is 4.94. The molecule has 1 N–H and O–H groups in total. The van der Waals surface area contributed by atoms with Crippen molar-refractivity contribution in [3.05, 3.63) is 35.9 Å². The van der Waals surface area contributed by atoms with Crippen molar-refractivity contribution in [2.24, 2.45) is 5.92 Å². The summed E-state index contributed by atoms with van der Waals surface area (Å²) < 4.78 is 0. The number of rotatable bonds is 6. The second-order valence-electron chi connectivity index (χ2n) is 7.23. The Morgan fingerprint density at radius 2 is 1.71 bits per heavy atom. The number of benzene rings is 1. The second-order valence-corrected chi connectivity index (χ2v) is 7.23. The largest absolute Gasteiger partial charge is 0.313 e. The maximum Gasteiger partial charge on any atom is 0.0166 e. The van der Waals surface area contributed by atoms with Gasteiger partial charge in [-0.25, -0.2) is 0 Å². The lowest BCUT2D eigenvalue weighted by molar-refractivity contribution is 0.251. The summed E-state index contributed by atoms with van der Waals surface area (Å²) >= 11 is 0. The molecule has 1 unspecified atom stereocenters. The normalized spacial score (nSPS) is 23.5. The molecule has 0 spiro atoms. The zero-order chi connectivity index (χ0) is 14.5. The minimum atomic E-state index is 0.403. The quantitative estimate of drug-likeness (QED) is 0.770. The highest BCUT2D eigenvalue weighted by molar-refractivity contribution is 5.29. The first-order valence-electron chi connectivity index (χ1n) is 9.14. The highest BCUT2D eigenvalue weighted by Crippen LogP contribution is 2.46. The van der Waals surface area contributed by atoms with E-state index < -0.39 is 0 Å². The maximum atomic E-state index is 3.89. The Kier molecular flexibility index (Phi) is 5.00. The summed E-state index contributed by atoms with van der Waals surface area (Å²) in [5, 5.41) is 3.89. The summed E-state index contributed by atoms with van der Waals surface area (Å²) in [6.45, 7) is 3.38. The lowest BCUT2D eigenvalue weighted by atomic mass is 9.70. The van der Waals surface area contributed by atoms with Crippen LogP contribution < -0.4 is 5.32 Å². The van der Waals surface area contributed by atoms with Crippen LogP contribution in [0, 0.1) is 5.92 Å². The Bertz CT molecular complexity index is 413. The van der Waals surface area contributed by atoms with E-state index in [-0.39, 0.29) is 0 Å². The molecule has 0 radical (unpaired) electrons. The third-order valence-electron chi connectivity index (χ3n) is 6.01. The van der Waals surface area contributed by atoms with E-state index in [0.717, 1.165) is 12.5 Å². The molecule has 0 heterocycles. The predicted molar refractivity (Wildman–Crippen MR) is 90.6 cm³/mol. The molecule has 0 saturated heterocycles. The fraction of sp³-hybridized carbons (Fsp3) is 0.700. The molecule has 1 aromatic rings. The van der Waals surface area contributed by atoms with Crippen LogP contribution >= 0.6 is 0 Å². The summed E-state index contributed by atoms with van der Waals surface area (Å²) in [4.78, 5) is 0. The van der Waals surface area contributed by atoms with Crippen molar-refractivity contribution in [2.45, 2.75) is 76.2 Å². The summed E-state index contributed by atoms with van der Waals surface area (Å²) in [6, 6.07) is 12.1. The summed E-state index contributed by atoms with van der Waals surface area (Å²) in [5.74, 6) is 0.968. The molecule has 21 heavy (non-hydrogen) atoms. The molecule has 1 nitrogen and oxygen atoms in total. The van der Waals surface area contributed by atoms with Gasteiger partial charge in [-0.15, -0.1) is 0 Å². The van der Waals surface area contributed by atoms with Gasteiger partial charge >= 0.3 is 0 Å². The van der Waals surface area contributed by atoms with E-state index >= 15 is 0 Å². The lowest BCUT2D eigenvalue weighted by Gasteiger charge is -2.40. The van der Waals surface area contributed by atoms with E-state index in [0.29, 0.717) is 11.5 Å². The zero-order valence-corrected chi connectivity index (χ0v) is 13.6. The first kappa shape index (κ1) is 15.1. The van der Waals surface area contributed by atoms with Gasteiger partial charge in [0.25, 0.3) is 0 Å². The summed E-state index contributed by atoms with van der Waals surface area (Å²) in [6.07, 6.45) is 12.8. The predicted octanol–water partition coefficient (Wildman–Crippen LogP) is 5.06. The Balaban J connectivity index is 1.85. The number of hydrogen-bond acceptors (Lipinski definition) is 1. The van der Waals surface area contributed by atoms with E-state index in [2.05, 4.69) is 42.6 Å². The van der Waals surface area contributed by atoms with Crippen molar-refractivity contribution in [1.82, 2.24) is 5.32 Å².